The zero-order valence-electron chi connectivity index (χ0n) is 16.5. The van der Waals surface area contributed by atoms with E-state index in [1.807, 2.05) is 18.2 Å². The number of nitrogens with one attached hydrogen (secondary N) is 1. The first kappa shape index (κ1) is 20.3. The fourth-order valence-corrected chi connectivity index (χ4v) is 4.30. The van der Waals surface area contributed by atoms with E-state index < -0.39 is 10.0 Å². The van der Waals surface area contributed by atoms with E-state index in [0.29, 0.717) is 12.3 Å². The molecular weight excluding hydrogens is 372 g/mol. The number of methoxy groups -OCH3 is 1. The standard InChI is InChI=1S/C22H26N2O3S/c1-16(22-15-17(2)20-8-4-5-9-21(20)24-22)7-6-14-23-28(25,26)19-12-10-18(27-3)11-13-19/h4-5,8-13,15-16,23H,6-7,14H2,1-3H3. The molecule has 3 aromatic rings. The molecule has 0 saturated carbocycles. The Morgan fingerprint density at radius 2 is 1.82 bits per heavy atom. The van der Waals surface area contributed by atoms with Crippen molar-refractivity contribution >= 4 is 20.9 Å². The summed E-state index contributed by atoms with van der Waals surface area (Å²) in [5.41, 5.74) is 3.27. The highest BCUT2D eigenvalue weighted by atomic mass is 32.2. The minimum atomic E-state index is -3.50. The van der Waals surface area contributed by atoms with Crippen molar-refractivity contribution in [1.82, 2.24) is 9.71 Å². The Hall–Kier alpha value is -2.44. The van der Waals surface area contributed by atoms with Gasteiger partial charge in [0.25, 0.3) is 0 Å². The normalized spacial score (nSPS) is 12.8. The first-order chi connectivity index (χ1) is 13.4. The molecule has 0 spiro atoms. The Balaban J connectivity index is 1.57. The second-order valence-corrected chi connectivity index (χ2v) is 8.76. The summed E-state index contributed by atoms with van der Waals surface area (Å²) in [6, 6.07) is 16.6. The first-order valence-electron chi connectivity index (χ1n) is 9.41. The van der Waals surface area contributed by atoms with Crippen molar-refractivity contribution in [2.45, 2.75) is 37.5 Å². The molecule has 148 valence electrons. The summed E-state index contributed by atoms with van der Waals surface area (Å²) in [7, 11) is -1.95. The van der Waals surface area contributed by atoms with Crippen molar-refractivity contribution in [3.8, 4) is 5.75 Å². The van der Waals surface area contributed by atoms with Crippen LogP contribution in [0.1, 0.15) is 36.9 Å². The second-order valence-electron chi connectivity index (χ2n) is 7.00. The van der Waals surface area contributed by atoms with Gasteiger partial charge >= 0.3 is 0 Å². The predicted molar refractivity (Wildman–Crippen MR) is 112 cm³/mol. The molecule has 1 N–H and O–H groups in total. The van der Waals surface area contributed by atoms with Gasteiger partial charge in [-0.3, -0.25) is 4.98 Å². The molecule has 0 amide bonds. The zero-order chi connectivity index (χ0) is 20.1. The van der Waals surface area contributed by atoms with E-state index in [9.17, 15) is 8.42 Å². The van der Waals surface area contributed by atoms with Gasteiger partial charge in [-0.1, -0.05) is 25.1 Å². The molecule has 3 rings (SSSR count). The number of benzene rings is 2. The van der Waals surface area contributed by atoms with Crippen LogP contribution < -0.4 is 9.46 Å². The third-order valence-electron chi connectivity index (χ3n) is 4.92. The molecule has 0 aliphatic carbocycles. The molecule has 1 aromatic heterocycles. The lowest BCUT2D eigenvalue weighted by atomic mass is 9.98. The van der Waals surface area contributed by atoms with Gasteiger partial charge in [-0.2, -0.15) is 0 Å². The lowest BCUT2D eigenvalue weighted by molar-refractivity contribution is 0.414. The van der Waals surface area contributed by atoms with Gasteiger partial charge in [-0.15, -0.1) is 0 Å². The number of hydrogen-bond donors (Lipinski definition) is 1. The van der Waals surface area contributed by atoms with Crippen molar-refractivity contribution in [1.29, 1.82) is 0 Å². The van der Waals surface area contributed by atoms with Crippen molar-refractivity contribution in [3.05, 3.63) is 65.9 Å². The van der Waals surface area contributed by atoms with Gasteiger partial charge in [0, 0.05) is 17.6 Å². The van der Waals surface area contributed by atoms with Gasteiger partial charge < -0.3 is 4.74 Å². The van der Waals surface area contributed by atoms with Crippen LogP contribution in [0.4, 0.5) is 0 Å². The highest BCUT2D eigenvalue weighted by molar-refractivity contribution is 7.89. The summed E-state index contributed by atoms with van der Waals surface area (Å²) in [5.74, 6) is 0.889. The summed E-state index contributed by atoms with van der Waals surface area (Å²) >= 11 is 0. The summed E-state index contributed by atoms with van der Waals surface area (Å²) < 4.78 is 32.5. The molecule has 0 radical (unpaired) electrons. The van der Waals surface area contributed by atoms with Gasteiger partial charge in [0.15, 0.2) is 0 Å². The van der Waals surface area contributed by atoms with Crippen molar-refractivity contribution < 1.29 is 13.2 Å². The Bertz CT molecular complexity index is 1050. The van der Waals surface area contributed by atoms with E-state index >= 15 is 0 Å². The number of aryl methyl sites for hydroxylation is 1. The Morgan fingerprint density at radius 3 is 2.54 bits per heavy atom. The summed E-state index contributed by atoms with van der Waals surface area (Å²) in [5, 5.41) is 1.17. The fraction of sp³-hybridized carbons (Fsp3) is 0.318. The molecule has 0 saturated heterocycles. The van der Waals surface area contributed by atoms with Gasteiger partial charge in [0.1, 0.15) is 5.75 Å². The molecular formula is C22H26N2O3S. The number of nitrogens with zero attached hydrogens (tertiary/aromatic N) is 1. The van der Waals surface area contributed by atoms with Crippen LogP contribution in [0.25, 0.3) is 10.9 Å². The van der Waals surface area contributed by atoms with Gasteiger partial charge in [-0.25, -0.2) is 13.1 Å². The van der Waals surface area contributed by atoms with E-state index in [1.165, 1.54) is 10.9 Å². The topological polar surface area (TPSA) is 68.3 Å². The molecule has 1 heterocycles. The highest BCUT2D eigenvalue weighted by Gasteiger charge is 2.14. The number of pyridine rings is 1. The van der Waals surface area contributed by atoms with Crippen LogP contribution in [-0.2, 0) is 10.0 Å². The van der Waals surface area contributed by atoms with Crippen LogP contribution in [0.2, 0.25) is 0 Å². The van der Waals surface area contributed by atoms with Crippen molar-refractivity contribution in [3.63, 3.8) is 0 Å². The molecule has 1 atom stereocenters. The average Bonchev–Trinajstić information content (AvgIpc) is 2.71. The van der Waals surface area contributed by atoms with E-state index in [1.54, 1.807) is 31.4 Å². The van der Waals surface area contributed by atoms with Crippen LogP contribution >= 0.6 is 0 Å². The molecule has 0 aliphatic rings. The molecule has 0 fully saturated rings. The molecule has 6 heteroatoms. The van der Waals surface area contributed by atoms with Gasteiger partial charge in [-0.05, 0) is 67.6 Å². The van der Waals surface area contributed by atoms with E-state index in [0.717, 1.165) is 24.1 Å². The largest absolute Gasteiger partial charge is 0.497 e. The molecule has 28 heavy (non-hydrogen) atoms. The van der Waals surface area contributed by atoms with E-state index in [2.05, 4.69) is 30.7 Å². The smallest absolute Gasteiger partial charge is 0.240 e. The molecule has 2 aromatic carbocycles. The molecule has 0 bridgehead atoms. The van der Waals surface area contributed by atoms with Crippen molar-refractivity contribution in [2.75, 3.05) is 13.7 Å². The SMILES string of the molecule is COc1ccc(S(=O)(=O)NCCCC(C)c2cc(C)c3ccccc3n2)cc1. The first-order valence-corrected chi connectivity index (χ1v) is 10.9. The van der Waals surface area contributed by atoms with Gasteiger partial charge in [0.2, 0.25) is 10.0 Å². The van der Waals surface area contributed by atoms with Crippen molar-refractivity contribution in [2.24, 2.45) is 0 Å². The number of aromatic nitrogens is 1. The number of sulfonamides is 1. The number of para-hydroxylation sites is 1. The Morgan fingerprint density at radius 1 is 1.11 bits per heavy atom. The van der Waals surface area contributed by atoms with Crippen LogP contribution in [0.3, 0.4) is 0 Å². The Labute approximate surface area is 166 Å². The monoisotopic (exact) mass is 398 g/mol. The lowest BCUT2D eigenvalue weighted by Crippen LogP contribution is -2.25. The summed E-state index contributed by atoms with van der Waals surface area (Å²) in [6.07, 6.45) is 1.60. The van der Waals surface area contributed by atoms with Gasteiger partial charge in [0.05, 0.1) is 17.5 Å². The minimum Gasteiger partial charge on any atom is -0.497 e. The molecule has 0 aliphatic heterocycles. The predicted octanol–water partition coefficient (Wildman–Crippen LogP) is 4.41. The second kappa shape index (κ2) is 8.71. The summed E-state index contributed by atoms with van der Waals surface area (Å²) in [4.78, 5) is 5.02. The third-order valence-corrected chi connectivity index (χ3v) is 6.40. The highest BCUT2D eigenvalue weighted by Crippen LogP contribution is 2.24. The molecule has 1 unspecified atom stereocenters. The quantitative estimate of drug-likeness (QED) is 0.571. The Kier molecular flexibility index (Phi) is 6.31. The maximum atomic E-state index is 12.4. The van der Waals surface area contributed by atoms with E-state index in [4.69, 9.17) is 9.72 Å². The zero-order valence-corrected chi connectivity index (χ0v) is 17.3. The minimum absolute atomic E-state index is 0.244. The maximum absolute atomic E-state index is 12.4. The van der Waals surface area contributed by atoms with Crippen LogP contribution in [0.5, 0.6) is 5.75 Å². The summed E-state index contributed by atoms with van der Waals surface area (Å²) in [6.45, 7) is 4.63. The van der Waals surface area contributed by atoms with Crippen LogP contribution in [-0.4, -0.2) is 27.1 Å². The third kappa shape index (κ3) is 4.69. The lowest BCUT2D eigenvalue weighted by Gasteiger charge is -2.14. The number of hydrogen-bond acceptors (Lipinski definition) is 4. The number of ether oxygens (including phenoxy) is 1. The molecule has 5 nitrogen and oxygen atoms in total. The average molecular weight is 399 g/mol. The van der Waals surface area contributed by atoms with Crippen LogP contribution in [0, 0.1) is 6.92 Å². The van der Waals surface area contributed by atoms with E-state index in [-0.39, 0.29) is 10.8 Å². The number of fused-ring (bicyclic) bond motifs is 1. The maximum Gasteiger partial charge on any atom is 0.240 e. The van der Waals surface area contributed by atoms with Crippen LogP contribution in [0.15, 0.2) is 59.5 Å². The fourth-order valence-electron chi connectivity index (χ4n) is 3.23. The number of rotatable bonds is 8.